The maximum Gasteiger partial charge on any atom is 0.265 e. The number of fused-ring (bicyclic) bond motifs is 1. The summed E-state index contributed by atoms with van der Waals surface area (Å²) < 4.78 is 3.33. The molecule has 0 N–H and O–H groups in total. The molecule has 140 valence electrons. The summed E-state index contributed by atoms with van der Waals surface area (Å²) in [7, 11) is 0. The van der Waals surface area contributed by atoms with E-state index in [0.29, 0.717) is 16.7 Å². The van der Waals surface area contributed by atoms with Gasteiger partial charge in [-0.3, -0.25) is 9.36 Å². The molecule has 0 spiro atoms. The van der Waals surface area contributed by atoms with Crippen molar-refractivity contribution >= 4 is 10.9 Å². The molecule has 0 fully saturated rings. The molecule has 6 nitrogen and oxygen atoms in total. The van der Waals surface area contributed by atoms with Crippen LogP contribution in [-0.2, 0) is 0 Å². The second-order valence-electron chi connectivity index (χ2n) is 6.75. The molecule has 0 saturated carbocycles. The number of aryl methyl sites for hydroxylation is 1. The predicted molar refractivity (Wildman–Crippen MR) is 112 cm³/mol. The van der Waals surface area contributed by atoms with Crippen LogP contribution in [0.1, 0.15) is 5.82 Å². The lowest BCUT2D eigenvalue weighted by molar-refractivity contribution is 0.804. The van der Waals surface area contributed by atoms with Gasteiger partial charge in [-0.15, -0.1) is 5.10 Å². The standard InChI is InChI=1S/C23H17N5O/c1-16-24-21-14-19(27-15-22(25-26-27)17-8-4-2-5-9-17)12-13-20(21)23(29)28(16)18-10-6-3-7-11-18/h2-15H,1H3. The van der Waals surface area contributed by atoms with Gasteiger partial charge in [0.2, 0.25) is 0 Å². The van der Waals surface area contributed by atoms with Gasteiger partial charge in [0.1, 0.15) is 11.5 Å². The van der Waals surface area contributed by atoms with Gasteiger partial charge in [-0.1, -0.05) is 53.7 Å². The first-order valence-corrected chi connectivity index (χ1v) is 9.28. The molecule has 0 saturated heterocycles. The fourth-order valence-electron chi connectivity index (χ4n) is 3.44. The maximum absolute atomic E-state index is 13.1. The first-order chi connectivity index (χ1) is 14.2. The number of benzene rings is 3. The van der Waals surface area contributed by atoms with Crippen LogP contribution in [0, 0.1) is 6.92 Å². The fourth-order valence-corrected chi connectivity index (χ4v) is 3.44. The summed E-state index contributed by atoms with van der Waals surface area (Å²) >= 11 is 0. The molecule has 29 heavy (non-hydrogen) atoms. The molecule has 3 aromatic carbocycles. The maximum atomic E-state index is 13.1. The van der Waals surface area contributed by atoms with Gasteiger partial charge in [0, 0.05) is 5.56 Å². The molecular weight excluding hydrogens is 362 g/mol. The fraction of sp³-hybridized carbons (Fsp3) is 0.0435. The summed E-state index contributed by atoms with van der Waals surface area (Å²) in [5.74, 6) is 0.634. The minimum atomic E-state index is -0.0891. The van der Waals surface area contributed by atoms with Crippen LogP contribution in [0.3, 0.4) is 0 Å². The quantitative estimate of drug-likeness (QED) is 0.476. The van der Waals surface area contributed by atoms with E-state index >= 15 is 0 Å². The van der Waals surface area contributed by atoms with Crippen molar-refractivity contribution in [2.45, 2.75) is 6.92 Å². The number of hydrogen-bond acceptors (Lipinski definition) is 4. The van der Waals surface area contributed by atoms with E-state index in [1.807, 2.05) is 85.9 Å². The summed E-state index contributed by atoms with van der Waals surface area (Å²) in [6, 6.07) is 24.9. The highest BCUT2D eigenvalue weighted by Gasteiger charge is 2.12. The molecule has 0 bridgehead atoms. The molecule has 0 aliphatic rings. The Morgan fingerprint density at radius 1 is 0.828 bits per heavy atom. The van der Waals surface area contributed by atoms with Crippen molar-refractivity contribution in [3.63, 3.8) is 0 Å². The third kappa shape index (κ3) is 3.00. The van der Waals surface area contributed by atoms with E-state index in [4.69, 9.17) is 0 Å². The zero-order valence-electron chi connectivity index (χ0n) is 15.7. The van der Waals surface area contributed by atoms with Crippen LogP contribution in [-0.4, -0.2) is 24.5 Å². The molecule has 2 heterocycles. The average Bonchev–Trinajstić information content (AvgIpc) is 3.25. The van der Waals surface area contributed by atoms with Crippen LogP contribution in [0.5, 0.6) is 0 Å². The van der Waals surface area contributed by atoms with Gasteiger partial charge in [0.25, 0.3) is 5.56 Å². The van der Waals surface area contributed by atoms with Crippen molar-refractivity contribution < 1.29 is 0 Å². The third-order valence-electron chi connectivity index (χ3n) is 4.86. The number of hydrogen-bond donors (Lipinski definition) is 0. The van der Waals surface area contributed by atoms with Crippen LogP contribution < -0.4 is 5.56 Å². The van der Waals surface area contributed by atoms with Crippen LogP contribution in [0.4, 0.5) is 0 Å². The van der Waals surface area contributed by atoms with E-state index in [9.17, 15) is 4.79 Å². The van der Waals surface area contributed by atoms with Crippen LogP contribution in [0.2, 0.25) is 0 Å². The molecule has 6 heteroatoms. The SMILES string of the molecule is Cc1nc2cc(-n3cc(-c4ccccc4)nn3)ccc2c(=O)n1-c1ccccc1. The van der Waals surface area contributed by atoms with Crippen molar-refractivity contribution in [1.29, 1.82) is 0 Å². The first-order valence-electron chi connectivity index (χ1n) is 9.28. The molecule has 0 aliphatic carbocycles. The Balaban J connectivity index is 1.60. The minimum Gasteiger partial charge on any atom is -0.268 e. The number of aromatic nitrogens is 5. The second-order valence-corrected chi connectivity index (χ2v) is 6.75. The van der Waals surface area contributed by atoms with Crippen LogP contribution in [0.15, 0.2) is 89.9 Å². The molecule has 5 rings (SSSR count). The van der Waals surface area contributed by atoms with Crippen molar-refractivity contribution in [3.05, 3.63) is 101 Å². The van der Waals surface area contributed by atoms with Gasteiger partial charge in [0.15, 0.2) is 0 Å². The van der Waals surface area contributed by atoms with Gasteiger partial charge < -0.3 is 0 Å². The number of rotatable bonds is 3. The average molecular weight is 379 g/mol. The highest BCUT2D eigenvalue weighted by Crippen LogP contribution is 2.20. The molecule has 0 unspecified atom stereocenters. The Kier molecular flexibility index (Phi) is 4.02. The van der Waals surface area contributed by atoms with Crippen molar-refractivity contribution in [2.24, 2.45) is 0 Å². The summed E-state index contributed by atoms with van der Waals surface area (Å²) in [5, 5.41) is 9.06. The molecule has 0 amide bonds. The highest BCUT2D eigenvalue weighted by atomic mass is 16.1. The normalized spacial score (nSPS) is 11.1. The van der Waals surface area contributed by atoms with Crippen LogP contribution >= 0.6 is 0 Å². The number of nitrogens with zero attached hydrogens (tertiary/aromatic N) is 5. The van der Waals surface area contributed by atoms with Gasteiger partial charge in [-0.25, -0.2) is 9.67 Å². The van der Waals surface area contributed by atoms with Crippen molar-refractivity contribution in [2.75, 3.05) is 0 Å². The first kappa shape index (κ1) is 17.1. The monoisotopic (exact) mass is 379 g/mol. The van der Waals surface area contributed by atoms with E-state index in [0.717, 1.165) is 22.6 Å². The zero-order valence-corrected chi connectivity index (χ0v) is 15.7. The smallest absolute Gasteiger partial charge is 0.265 e. The Bertz CT molecular complexity index is 1370. The van der Waals surface area contributed by atoms with Crippen LogP contribution in [0.25, 0.3) is 33.5 Å². The summed E-state index contributed by atoms with van der Waals surface area (Å²) in [5.41, 5.74) is 3.93. The number of para-hydroxylation sites is 1. The lowest BCUT2D eigenvalue weighted by atomic mass is 10.2. The zero-order chi connectivity index (χ0) is 19.8. The highest BCUT2D eigenvalue weighted by molar-refractivity contribution is 5.80. The lowest BCUT2D eigenvalue weighted by Crippen LogP contribution is -2.22. The molecule has 5 aromatic rings. The summed E-state index contributed by atoms with van der Waals surface area (Å²) in [6.07, 6.45) is 1.87. The van der Waals surface area contributed by atoms with Gasteiger partial charge in [-0.05, 0) is 37.3 Å². The van der Waals surface area contributed by atoms with Gasteiger partial charge >= 0.3 is 0 Å². The topological polar surface area (TPSA) is 65.6 Å². The Morgan fingerprint density at radius 2 is 1.55 bits per heavy atom. The Morgan fingerprint density at radius 3 is 2.31 bits per heavy atom. The predicted octanol–water partition coefficient (Wildman–Crippen LogP) is 3.94. The van der Waals surface area contributed by atoms with E-state index < -0.39 is 0 Å². The molecule has 0 atom stereocenters. The Hall–Kier alpha value is -4.06. The molecular formula is C23H17N5O. The van der Waals surface area contributed by atoms with E-state index in [2.05, 4.69) is 15.3 Å². The van der Waals surface area contributed by atoms with Crippen molar-refractivity contribution in [3.8, 4) is 22.6 Å². The largest absolute Gasteiger partial charge is 0.268 e. The summed E-state index contributed by atoms with van der Waals surface area (Å²) in [4.78, 5) is 17.7. The van der Waals surface area contributed by atoms with E-state index in [1.165, 1.54) is 0 Å². The third-order valence-corrected chi connectivity index (χ3v) is 4.86. The van der Waals surface area contributed by atoms with E-state index in [1.54, 1.807) is 15.3 Å². The second kappa shape index (κ2) is 6.83. The molecule has 0 radical (unpaired) electrons. The molecule has 2 aromatic heterocycles. The lowest BCUT2D eigenvalue weighted by Gasteiger charge is -2.11. The Labute approximate surface area is 166 Å². The van der Waals surface area contributed by atoms with Gasteiger partial charge in [0.05, 0.1) is 28.5 Å². The summed E-state index contributed by atoms with van der Waals surface area (Å²) in [6.45, 7) is 1.84. The molecule has 0 aliphatic heterocycles. The minimum absolute atomic E-state index is 0.0891. The van der Waals surface area contributed by atoms with E-state index in [-0.39, 0.29) is 5.56 Å². The van der Waals surface area contributed by atoms with Crippen molar-refractivity contribution in [1.82, 2.24) is 24.5 Å². The van der Waals surface area contributed by atoms with Gasteiger partial charge in [-0.2, -0.15) is 0 Å².